The van der Waals surface area contributed by atoms with E-state index < -0.39 is 4.92 Å². The molecule has 0 unspecified atom stereocenters. The largest absolute Gasteiger partial charge is 0.356 e. The summed E-state index contributed by atoms with van der Waals surface area (Å²) in [6.07, 6.45) is 3.53. The van der Waals surface area contributed by atoms with E-state index in [4.69, 9.17) is 0 Å². The number of aromatic nitrogens is 1. The van der Waals surface area contributed by atoms with Crippen LogP contribution in [0.2, 0.25) is 0 Å². The Labute approximate surface area is 106 Å². The van der Waals surface area contributed by atoms with Gasteiger partial charge in [0, 0.05) is 25.2 Å². The molecule has 1 aromatic rings. The maximum absolute atomic E-state index is 10.6. The van der Waals surface area contributed by atoms with Gasteiger partial charge < -0.3 is 9.80 Å². The fourth-order valence-corrected chi connectivity index (χ4v) is 2.28. The Kier molecular flexibility index (Phi) is 3.76. The molecule has 1 aliphatic heterocycles. The van der Waals surface area contributed by atoms with Crippen LogP contribution in [0.25, 0.3) is 0 Å². The van der Waals surface area contributed by atoms with Crippen LogP contribution in [0.4, 0.5) is 11.5 Å². The van der Waals surface area contributed by atoms with Crippen molar-refractivity contribution in [3.05, 3.63) is 28.4 Å². The number of anilines is 1. The topological polar surface area (TPSA) is 62.5 Å². The lowest BCUT2D eigenvalue weighted by molar-refractivity contribution is -0.385. The van der Waals surface area contributed by atoms with Crippen LogP contribution >= 0.6 is 0 Å². The SMILES string of the molecule is CN(C)C1CCN(c2ccc([N+](=O)[O-])cn2)CC1. The molecule has 0 bridgehead atoms. The van der Waals surface area contributed by atoms with Crippen LogP contribution in [0.1, 0.15) is 12.8 Å². The van der Waals surface area contributed by atoms with Crippen LogP contribution < -0.4 is 4.90 Å². The van der Waals surface area contributed by atoms with E-state index in [2.05, 4.69) is 28.9 Å². The van der Waals surface area contributed by atoms with E-state index in [1.165, 1.54) is 12.3 Å². The van der Waals surface area contributed by atoms with Crippen LogP contribution in [-0.2, 0) is 0 Å². The predicted octanol–water partition coefficient (Wildman–Crippen LogP) is 1.52. The first-order valence-corrected chi connectivity index (χ1v) is 6.10. The van der Waals surface area contributed by atoms with Crippen molar-refractivity contribution < 1.29 is 4.92 Å². The second-order valence-corrected chi connectivity index (χ2v) is 4.81. The number of pyridine rings is 1. The molecule has 0 amide bonds. The number of nitrogens with zero attached hydrogens (tertiary/aromatic N) is 4. The zero-order chi connectivity index (χ0) is 13.1. The molecule has 1 aliphatic rings. The summed E-state index contributed by atoms with van der Waals surface area (Å²) in [4.78, 5) is 18.7. The first-order chi connectivity index (χ1) is 8.58. The van der Waals surface area contributed by atoms with E-state index in [1.807, 2.05) is 0 Å². The average Bonchev–Trinajstić information content (AvgIpc) is 2.39. The molecule has 6 nitrogen and oxygen atoms in total. The maximum atomic E-state index is 10.6. The molecule has 0 aromatic carbocycles. The van der Waals surface area contributed by atoms with E-state index in [1.54, 1.807) is 6.07 Å². The first-order valence-electron chi connectivity index (χ1n) is 6.10. The highest BCUT2D eigenvalue weighted by Crippen LogP contribution is 2.21. The van der Waals surface area contributed by atoms with E-state index in [0.717, 1.165) is 31.7 Å². The lowest BCUT2D eigenvalue weighted by Gasteiger charge is -2.35. The van der Waals surface area contributed by atoms with E-state index in [-0.39, 0.29) is 5.69 Å². The Hall–Kier alpha value is -1.69. The van der Waals surface area contributed by atoms with Gasteiger partial charge in [-0.1, -0.05) is 0 Å². The van der Waals surface area contributed by atoms with Crippen molar-refractivity contribution in [2.75, 3.05) is 32.1 Å². The Morgan fingerprint density at radius 3 is 2.50 bits per heavy atom. The smallest absolute Gasteiger partial charge is 0.287 e. The number of piperidine rings is 1. The van der Waals surface area contributed by atoms with Gasteiger partial charge in [0.2, 0.25) is 0 Å². The number of rotatable bonds is 3. The molecule has 0 aliphatic carbocycles. The van der Waals surface area contributed by atoms with Gasteiger partial charge in [-0.3, -0.25) is 10.1 Å². The highest BCUT2D eigenvalue weighted by atomic mass is 16.6. The van der Waals surface area contributed by atoms with Gasteiger partial charge in [-0.25, -0.2) is 4.98 Å². The summed E-state index contributed by atoms with van der Waals surface area (Å²) < 4.78 is 0. The van der Waals surface area contributed by atoms with E-state index in [0.29, 0.717) is 6.04 Å². The average molecular weight is 250 g/mol. The van der Waals surface area contributed by atoms with Crippen LogP contribution in [0, 0.1) is 10.1 Å². The minimum absolute atomic E-state index is 0.0435. The highest BCUT2D eigenvalue weighted by molar-refractivity contribution is 5.43. The third kappa shape index (κ3) is 2.76. The molecular formula is C12H18N4O2. The molecule has 1 saturated heterocycles. The number of hydrogen-bond donors (Lipinski definition) is 0. The van der Waals surface area contributed by atoms with Gasteiger partial charge in [0.05, 0.1) is 4.92 Å². The van der Waals surface area contributed by atoms with Gasteiger partial charge in [0.1, 0.15) is 12.0 Å². The van der Waals surface area contributed by atoms with E-state index in [9.17, 15) is 10.1 Å². The van der Waals surface area contributed by atoms with Crippen LogP contribution in [0.5, 0.6) is 0 Å². The molecule has 2 rings (SSSR count). The van der Waals surface area contributed by atoms with Crippen molar-refractivity contribution >= 4 is 11.5 Å². The van der Waals surface area contributed by atoms with Crippen molar-refractivity contribution in [1.82, 2.24) is 9.88 Å². The van der Waals surface area contributed by atoms with Crippen molar-refractivity contribution in [1.29, 1.82) is 0 Å². The second-order valence-electron chi connectivity index (χ2n) is 4.81. The monoisotopic (exact) mass is 250 g/mol. The Morgan fingerprint density at radius 2 is 2.06 bits per heavy atom. The van der Waals surface area contributed by atoms with E-state index >= 15 is 0 Å². The maximum Gasteiger partial charge on any atom is 0.287 e. The first kappa shape index (κ1) is 12.8. The number of nitro groups is 1. The van der Waals surface area contributed by atoms with Crippen LogP contribution in [0.3, 0.4) is 0 Å². The second kappa shape index (κ2) is 5.30. The zero-order valence-electron chi connectivity index (χ0n) is 10.7. The lowest BCUT2D eigenvalue weighted by Crippen LogP contribution is -2.42. The summed E-state index contributed by atoms with van der Waals surface area (Å²) in [5.41, 5.74) is 0.0435. The van der Waals surface area contributed by atoms with Crippen molar-refractivity contribution in [3.8, 4) is 0 Å². The molecular weight excluding hydrogens is 232 g/mol. The summed E-state index contributed by atoms with van der Waals surface area (Å²) in [5, 5.41) is 10.6. The summed E-state index contributed by atoms with van der Waals surface area (Å²) in [6, 6.07) is 3.87. The molecule has 6 heteroatoms. The van der Waals surface area contributed by atoms with Crippen LogP contribution in [-0.4, -0.2) is 48.0 Å². The normalized spacial score (nSPS) is 17.2. The van der Waals surface area contributed by atoms with Gasteiger partial charge in [0.25, 0.3) is 5.69 Å². The van der Waals surface area contributed by atoms with Gasteiger partial charge in [-0.05, 0) is 33.0 Å². The zero-order valence-corrected chi connectivity index (χ0v) is 10.7. The Bertz CT molecular complexity index is 411. The molecule has 1 fully saturated rings. The molecule has 0 atom stereocenters. The van der Waals surface area contributed by atoms with Gasteiger partial charge in [-0.15, -0.1) is 0 Å². The molecule has 0 N–H and O–H groups in total. The summed E-state index contributed by atoms with van der Waals surface area (Å²) >= 11 is 0. The predicted molar refractivity (Wildman–Crippen MR) is 69.8 cm³/mol. The standard InChI is InChI=1S/C12H18N4O2/c1-14(2)10-5-7-15(8-6-10)12-4-3-11(9-13-12)16(17)18/h3-4,9-10H,5-8H2,1-2H3. The minimum Gasteiger partial charge on any atom is -0.356 e. The third-order valence-electron chi connectivity index (χ3n) is 3.46. The molecule has 2 heterocycles. The van der Waals surface area contributed by atoms with Crippen molar-refractivity contribution in [2.24, 2.45) is 0 Å². The highest BCUT2D eigenvalue weighted by Gasteiger charge is 2.21. The Morgan fingerprint density at radius 1 is 1.39 bits per heavy atom. The molecule has 1 aromatic heterocycles. The fraction of sp³-hybridized carbons (Fsp3) is 0.583. The Balaban J connectivity index is 1.99. The molecule has 0 radical (unpaired) electrons. The molecule has 18 heavy (non-hydrogen) atoms. The van der Waals surface area contributed by atoms with Gasteiger partial charge in [-0.2, -0.15) is 0 Å². The summed E-state index contributed by atoms with van der Waals surface area (Å²) in [7, 11) is 4.20. The molecule has 98 valence electrons. The molecule has 0 saturated carbocycles. The quantitative estimate of drug-likeness (QED) is 0.601. The fourth-order valence-electron chi connectivity index (χ4n) is 2.28. The minimum atomic E-state index is -0.422. The van der Waals surface area contributed by atoms with Gasteiger partial charge in [0.15, 0.2) is 0 Å². The number of hydrogen-bond acceptors (Lipinski definition) is 5. The molecule has 0 spiro atoms. The van der Waals surface area contributed by atoms with Crippen LogP contribution in [0.15, 0.2) is 18.3 Å². The van der Waals surface area contributed by atoms with Crippen molar-refractivity contribution in [2.45, 2.75) is 18.9 Å². The van der Waals surface area contributed by atoms with Gasteiger partial charge >= 0.3 is 0 Å². The third-order valence-corrected chi connectivity index (χ3v) is 3.46. The van der Waals surface area contributed by atoms with Crippen molar-refractivity contribution in [3.63, 3.8) is 0 Å². The summed E-state index contributed by atoms with van der Waals surface area (Å²) in [6.45, 7) is 1.90. The lowest BCUT2D eigenvalue weighted by atomic mass is 10.0. The summed E-state index contributed by atoms with van der Waals surface area (Å²) in [5.74, 6) is 0.831.